The van der Waals surface area contributed by atoms with Crippen LogP contribution < -0.4 is 10.6 Å². The van der Waals surface area contributed by atoms with Crippen molar-refractivity contribution in [3.05, 3.63) is 18.2 Å². The third-order valence-electron chi connectivity index (χ3n) is 3.67. The molecular weight excluding hydrogens is 260 g/mol. The highest BCUT2D eigenvalue weighted by atomic mass is 16.4. The van der Waals surface area contributed by atoms with E-state index in [0.29, 0.717) is 6.54 Å². The van der Waals surface area contributed by atoms with Crippen LogP contribution in [0.5, 0.6) is 0 Å². The van der Waals surface area contributed by atoms with E-state index in [-0.39, 0.29) is 5.92 Å². The largest absolute Gasteiger partial charge is 0.480 e. The summed E-state index contributed by atoms with van der Waals surface area (Å²) in [6.07, 6.45) is 8.06. The Balaban J connectivity index is 1.83. The van der Waals surface area contributed by atoms with E-state index >= 15 is 0 Å². The van der Waals surface area contributed by atoms with Crippen LogP contribution in [0.3, 0.4) is 0 Å². The van der Waals surface area contributed by atoms with Gasteiger partial charge in [0.05, 0.1) is 18.6 Å². The molecule has 1 aliphatic carbocycles. The lowest BCUT2D eigenvalue weighted by atomic mass is 9.84. The molecule has 0 spiro atoms. The van der Waals surface area contributed by atoms with Crippen LogP contribution in [0, 0.1) is 5.92 Å². The Morgan fingerprint density at radius 1 is 1.40 bits per heavy atom. The molecule has 4 N–H and O–H groups in total. The molecule has 1 saturated carbocycles. The number of carbonyl (C=O) groups excluding carboxylic acids is 1. The van der Waals surface area contributed by atoms with Crippen molar-refractivity contribution in [2.24, 2.45) is 5.92 Å². The molecular formula is C13H20N4O3. The number of nitrogens with zero attached hydrogens (tertiary/aromatic N) is 1. The molecule has 0 radical (unpaired) electrons. The molecule has 1 aromatic heterocycles. The maximum absolute atomic E-state index is 11.8. The smallest absolute Gasteiger partial charge is 0.326 e. The molecule has 1 atom stereocenters. The minimum atomic E-state index is -0.964. The summed E-state index contributed by atoms with van der Waals surface area (Å²) in [6, 6.07) is -1.27. The van der Waals surface area contributed by atoms with Gasteiger partial charge in [0.2, 0.25) is 0 Å². The Bertz CT molecular complexity index is 440. The van der Waals surface area contributed by atoms with Gasteiger partial charge in [0, 0.05) is 6.20 Å². The first-order chi connectivity index (χ1) is 9.66. The lowest BCUT2D eigenvalue weighted by Gasteiger charge is -2.28. The van der Waals surface area contributed by atoms with Crippen molar-refractivity contribution in [2.45, 2.75) is 44.7 Å². The zero-order valence-corrected chi connectivity index (χ0v) is 11.3. The lowest BCUT2D eigenvalue weighted by Crippen LogP contribution is -2.50. The first-order valence-corrected chi connectivity index (χ1v) is 6.91. The summed E-state index contributed by atoms with van der Waals surface area (Å²) in [7, 11) is 0. The summed E-state index contributed by atoms with van der Waals surface area (Å²) in [6.45, 7) is 0.294. The number of aromatic nitrogens is 2. The average molecular weight is 280 g/mol. The van der Waals surface area contributed by atoms with Gasteiger partial charge < -0.3 is 20.7 Å². The fourth-order valence-corrected chi connectivity index (χ4v) is 2.60. The van der Waals surface area contributed by atoms with Crippen LogP contribution in [-0.2, 0) is 11.3 Å². The highest BCUT2D eigenvalue weighted by molar-refractivity contribution is 5.82. The number of carboxylic acid groups (broad SMARTS) is 1. The highest BCUT2D eigenvalue weighted by Gasteiger charge is 2.30. The van der Waals surface area contributed by atoms with E-state index in [4.69, 9.17) is 0 Å². The first-order valence-electron chi connectivity index (χ1n) is 6.91. The van der Waals surface area contributed by atoms with Crippen molar-refractivity contribution in [2.75, 3.05) is 0 Å². The number of H-pyrrole nitrogens is 1. The molecule has 0 saturated heterocycles. The van der Waals surface area contributed by atoms with Crippen LogP contribution in [-0.4, -0.2) is 33.1 Å². The second kappa shape index (κ2) is 6.93. The molecule has 2 amide bonds. The summed E-state index contributed by atoms with van der Waals surface area (Å²) >= 11 is 0. The van der Waals surface area contributed by atoms with Crippen molar-refractivity contribution in [3.8, 4) is 0 Å². The number of carboxylic acids is 1. The fraction of sp³-hybridized carbons (Fsp3) is 0.615. The summed E-state index contributed by atoms with van der Waals surface area (Å²) in [4.78, 5) is 29.8. The lowest BCUT2D eigenvalue weighted by molar-refractivity contribution is -0.141. The van der Waals surface area contributed by atoms with Gasteiger partial charge in [0.15, 0.2) is 0 Å². The van der Waals surface area contributed by atoms with Gasteiger partial charge in [0.25, 0.3) is 0 Å². The second-order valence-electron chi connectivity index (χ2n) is 5.12. The Kier molecular flexibility index (Phi) is 4.97. The molecule has 1 heterocycles. The third kappa shape index (κ3) is 3.97. The van der Waals surface area contributed by atoms with Gasteiger partial charge in [-0.15, -0.1) is 0 Å². The predicted molar refractivity (Wildman–Crippen MR) is 72.0 cm³/mol. The van der Waals surface area contributed by atoms with Gasteiger partial charge in [-0.05, 0) is 18.8 Å². The van der Waals surface area contributed by atoms with Crippen molar-refractivity contribution in [1.82, 2.24) is 20.6 Å². The molecule has 0 aromatic carbocycles. The van der Waals surface area contributed by atoms with Crippen molar-refractivity contribution in [3.63, 3.8) is 0 Å². The van der Waals surface area contributed by atoms with E-state index in [0.717, 1.165) is 37.8 Å². The van der Waals surface area contributed by atoms with Gasteiger partial charge in [-0.3, -0.25) is 0 Å². The van der Waals surface area contributed by atoms with Crippen LogP contribution in [0.1, 0.15) is 37.8 Å². The van der Waals surface area contributed by atoms with Crippen LogP contribution in [0.15, 0.2) is 12.5 Å². The maximum Gasteiger partial charge on any atom is 0.326 e. The van der Waals surface area contributed by atoms with Crippen molar-refractivity contribution < 1.29 is 14.7 Å². The number of aromatic amines is 1. The molecule has 0 aliphatic heterocycles. The Morgan fingerprint density at radius 2 is 2.15 bits per heavy atom. The molecule has 7 nitrogen and oxygen atoms in total. The summed E-state index contributed by atoms with van der Waals surface area (Å²) in [5, 5.41) is 14.5. The number of hydrogen-bond acceptors (Lipinski definition) is 3. The number of urea groups is 1. The maximum atomic E-state index is 11.8. The Morgan fingerprint density at radius 3 is 2.75 bits per heavy atom. The number of aliphatic carboxylic acids is 1. The first kappa shape index (κ1) is 14.4. The van der Waals surface area contributed by atoms with Gasteiger partial charge in [-0.25, -0.2) is 14.6 Å². The van der Waals surface area contributed by atoms with E-state index < -0.39 is 18.0 Å². The van der Waals surface area contributed by atoms with Crippen LogP contribution in [0.2, 0.25) is 0 Å². The highest BCUT2D eigenvalue weighted by Crippen LogP contribution is 2.26. The summed E-state index contributed by atoms with van der Waals surface area (Å²) in [5.41, 5.74) is 0.768. The van der Waals surface area contributed by atoms with Gasteiger partial charge in [-0.2, -0.15) is 0 Å². The standard InChI is InChI=1S/C13H20N4O3/c18-12(19)11(9-4-2-1-3-5-9)17-13(20)15-7-10-6-14-8-16-10/h6,8-9,11H,1-5,7H2,(H,14,16)(H,18,19)(H2,15,17,20). The van der Waals surface area contributed by atoms with Crippen molar-refractivity contribution in [1.29, 1.82) is 0 Å². The minimum absolute atomic E-state index is 0.0270. The number of carbonyl (C=O) groups is 2. The molecule has 1 fully saturated rings. The number of amides is 2. The fourth-order valence-electron chi connectivity index (χ4n) is 2.60. The molecule has 1 aromatic rings. The van der Waals surface area contributed by atoms with E-state index in [1.807, 2.05) is 0 Å². The summed E-state index contributed by atoms with van der Waals surface area (Å²) < 4.78 is 0. The van der Waals surface area contributed by atoms with Gasteiger partial charge >= 0.3 is 12.0 Å². The van der Waals surface area contributed by atoms with Crippen LogP contribution >= 0.6 is 0 Å². The molecule has 7 heteroatoms. The molecule has 2 rings (SSSR count). The average Bonchev–Trinajstić information content (AvgIpc) is 2.96. The van der Waals surface area contributed by atoms with Gasteiger partial charge in [0.1, 0.15) is 6.04 Å². The molecule has 20 heavy (non-hydrogen) atoms. The number of hydrogen-bond donors (Lipinski definition) is 4. The number of nitrogens with one attached hydrogen (secondary N) is 3. The number of rotatable bonds is 5. The predicted octanol–water partition coefficient (Wildman–Crippen LogP) is 1.24. The topological polar surface area (TPSA) is 107 Å². The zero-order chi connectivity index (χ0) is 14.4. The van der Waals surface area contributed by atoms with Crippen LogP contribution in [0.4, 0.5) is 4.79 Å². The quantitative estimate of drug-likeness (QED) is 0.651. The Hall–Kier alpha value is -2.05. The molecule has 1 aliphatic rings. The van der Waals surface area contributed by atoms with Gasteiger partial charge in [-0.1, -0.05) is 19.3 Å². The van der Waals surface area contributed by atoms with E-state index in [2.05, 4.69) is 20.6 Å². The molecule has 110 valence electrons. The molecule has 1 unspecified atom stereocenters. The minimum Gasteiger partial charge on any atom is -0.480 e. The van der Waals surface area contributed by atoms with Crippen molar-refractivity contribution >= 4 is 12.0 Å². The number of imidazole rings is 1. The normalized spacial score (nSPS) is 17.4. The summed E-state index contributed by atoms with van der Waals surface area (Å²) in [5.74, 6) is -0.937. The second-order valence-corrected chi connectivity index (χ2v) is 5.12. The van der Waals surface area contributed by atoms with E-state index in [1.165, 1.54) is 6.33 Å². The SMILES string of the molecule is O=C(NCc1cnc[nH]1)NC(C(=O)O)C1CCCCC1. The monoisotopic (exact) mass is 280 g/mol. The van der Waals surface area contributed by atoms with Crippen LogP contribution in [0.25, 0.3) is 0 Å². The van der Waals surface area contributed by atoms with E-state index in [1.54, 1.807) is 6.20 Å². The zero-order valence-electron chi connectivity index (χ0n) is 11.3. The third-order valence-corrected chi connectivity index (χ3v) is 3.67. The molecule has 0 bridgehead atoms. The Labute approximate surface area is 117 Å². The van der Waals surface area contributed by atoms with E-state index in [9.17, 15) is 14.7 Å².